The Morgan fingerprint density at radius 1 is 1.12 bits per heavy atom. The van der Waals surface area contributed by atoms with Crippen molar-refractivity contribution in [2.24, 2.45) is 0 Å². The van der Waals surface area contributed by atoms with Gasteiger partial charge in [-0.1, -0.05) is 41.4 Å². The molecular weight excluding hydrogens is 426 g/mol. The van der Waals surface area contributed by atoms with E-state index in [4.69, 9.17) is 11.6 Å². The van der Waals surface area contributed by atoms with E-state index in [2.05, 4.69) is 15.5 Å². The van der Waals surface area contributed by atoms with Crippen LogP contribution in [0, 0.1) is 6.92 Å². The van der Waals surface area contributed by atoms with Crippen LogP contribution in [0.4, 0.5) is 0 Å². The van der Waals surface area contributed by atoms with Gasteiger partial charge in [0.15, 0.2) is 0 Å². The standard InChI is InChI=1S/C25H30ClN3O3/c1-17-3-2-4-18(13-17)24(31)27-14-23(30)28-21-15-29(16-21)22-9-11-25(32,12-10-22)19-5-7-20(26)8-6-19/h2-8,13,21-22,32H,9-12,14-16H2,1H3,(H,27,31)(H,28,30)/t22-,25-. The fraction of sp³-hybridized carbons (Fsp3) is 0.440. The van der Waals surface area contributed by atoms with E-state index >= 15 is 0 Å². The molecule has 0 radical (unpaired) electrons. The van der Waals surface area contributed by atoms with Crippen LogP contribution in [0.3, 0.4) is 0 Å². The summed E-state index contributed by atoms with van der Waals surface area (Å²) in [6.45, 7) is 3.51. The predicted molar refractivity (Wildman–Crippen MR) is 125 cm³/mol. The number of hydrogen-bond acceptors (Lipinski definition) is 4. The SMILES string of the molecule is Cc1cccc(C(=O)NCC(=O)NC2CN([C@H]3CC[C@@](O)(c4ccc(Cl)cc4)CC3)C2)c1. The Bertz CT molecular complexity index is 965. The lowest BCUT2D eigenvalue weighted by atomic mass is 9.76. The molecule has 2 amide bonds. The van der Waals surface area contributed by atoms with E-state index in [9.17, 15) is 14.7 Å². The normalized spacial score (nSPS) is 23.9. The first kappa shape index (κ1) is 22.8. The van der Waals surface area contributed by atoms with Gasteiger partial charge in [-0.2, -0.15) is 0 Å². The molecule has 7 heteroatoms. The molecule has 2 aliphatic rings. The van der Waals surface area contributed by atoms with Crippen molar-refractivity contribution in [2.45, 2.75) is 50.3 Å². The molecule has 2 aromatic rings. The molecular formula is C25H30ClN3O3. The molecule has 1 saturated heterocycles. The van der Waals surface area contributed by atoms with Gasteiger partial charge in [0, 0.05) is 29.7 Å². The van der Waals surface area contributed by atoms with E-state index in [0.29, 0.717) is 16.6 Å². The predicted octanol–water partition coefficient (Wildman–Crippen LogP) is 3.01. The van der Waals surface area contributed by atoms with E-state index in [1.165, 1.54) is 0 Å². The number of hydrogen-bond donors (Lipinski definition) is 3. The molecule has 1 aliphatic heterocycles. The number of rotatable bonds is 6. The summed E-state index contributed by atoms with van der Waals surface area (Å²) < 4.78 is 0. The quantitative estimate of drug-likeness (QED) is 0.625. The van der Waals surface area contributed by atoms with Gasteiger partial charge in [0.1, 0.15) is 0 Å². The minimum absolute atomic E-state index is 0.0270. The zero-order chi connectivity index (χ0) is 22.7. The lowest BCUT2D eigenvalue weighted by Gasteiger charge is -2.48. The van der Waals surface area contributed by atoms with Crippen LogP contribution in [0.1, 0.15) is 47.2 Å². The van der Waals surface area contributed by atoms with Crippen LogP contribution < -0.4 is 10.6 Å². The molecule has 2 fully saturated rings. The van der Waals surface area contributed by atoms with Crippen LogP contribution >= 0.6 is 11.6 Å². The van der Waals surface area contributed by atoms with Gasteiger partial charge in [0.25, 0.3) is 5.91 Å². The maximum Gasteiger partial charge on any atom is 0.251 e. The number of carbonyl (C=O) groups is 2. The summed E-state index contributed by atoms with van der Waals surface area (Å²) in [7, 11) is 0. The number of carbonyl (C=O) groups excluding carboxylic acids is 2. The number of nitrogens with one attached hydrogen (secondary N) is 2. The van der Waals surface area contributed by atoms with E-state index in [-0.39, 0.29) is 24.4 Å². The fourth-order valence-electron chi connectivity index (χ4n) is 4.72. The molecule has 6 nitrogen and oxygen atoms in total. The largest absolute Gasteiger partial charge is 0.385 e. The van der Waals surface area contributed by atoms with Gasteiger partial charge in [-0.25, -0.2) is 0 Å². The van der Waals surface area contributed by atoms with Crippen LogP contribution in [-0.4, -0.2) is 53.5 Å². The smallest absolute Gasteiger partial charge is 0.251 e. The zero-order valence-electron chi connectivity index (χ0n) is 18.3. The Morgan fingerprint density at radius 2 is 1.81 bits per heavy atom. The summed E-state index contributed by atoms with van der Waals surface area (Å²) in [5.41, 5.74) is 1.71. The third-order valence-corrected chi connectivity index (χ3v) is 6.90. The highest BCUT2D eigenvalue weighted by Gasteiger charge is 2.40. The monoisotopic (exact) mass is 455 g/mol. The van der Waals surface area contributed by atoms with Gasteiger partial charge in [-0.3, -0.25) is 14.5 Å². The van der Waals surface area contributed by atoms with Crippen LogP contribution in [0.15, 0.2) is 48.5 Å². The van der Waals surface area contributed by atoms with Crippen molar-refractivity contribution >= 4 is 23.4 Å². The molecule has 170 valence electrons. The molecule has 1 saturated carbocycles. The summed E-state index contributed by atoms with van der Waals surface area (Å²) in [6.07, 6.45) is 3.29. The minimum Gasteiger partial charge on any atom is -0.385 e. The molecule has 1 heterocycles. The number of halogens is 1. The number of nitrogens with zero attached hydrogens (tertiary/aromatic N) is 1. The lowest BCUT2D eigenvalue weighted by molar-refractivity contribution is -0.122. The van der Waals surface area contributed by atoms with E-state index in [1.807, 2.05) is 43.3 Å². The van der Waals surface area contributed by atoms with E-state index < -0.39 is 5.60 Å². The average Bonchev–Trinajstić information content (AvgIpc) is 2.75. The number of aryl methyl sites for hydroxylation is 1. The minimum atomic E-state index is -0.783. The first-order valence-corrected chi connectivity index (χ1v) is 11.6. The van der Waals surface area contributed by atoms with Gasteiger partial charge < -0.3 is 15.7 Å². The second-order valence-electron chi connectivity index (χ2n) is 9.04. The third-order valence-electron chi connectivity index (χ3n) is 6.64. The molecule has 0 aromatic heterocycles. The summed E-state index contributed by atoms with van der Waals surface area (Å²) in [5.74, 6) is -0.411. The van der Waals surface area contributed by atoms with Gasteiger partial charge in [0.05, 0.1) is 18.2 Å². The van der Waals surface area contributed by atoms with Crippen molar-refractivity contribution in [1.29, 1.82) is 0 Å². The summed E-state index contributed by atoms with van der Waals surface area (Å²) in [5, 5.41) is 17.4. The van der Waals surface area contributed by atoms with Crippen LogP contribution in [0.25, 0.3) is 0 Å². The molecule has 0 atom stereocenters. The van der Waals surface area contributed by atoms with Crippen molar-refractivity contribution in [3.8, 4) is 0 Å². The Kier molecular flexibility index (Phi) is 6.84. The molecule has 32 heavy (non-hydrogen) atoms. The highest BCUT2D eigenvalue weighted by atomic mass is 35.5. The van der Waals surface area contributed by atoms with Gasteiger partial charge in [0.2, 0.25) is 5.91 Å². The molecule has 4 rings (SSSR count). The summed E-state index contributed by atoms with van der Waals surface area (Å²) in [4.78, 5) is 26.8. The molecule has 2 aromatic carbocycles. The first-order valence-electron chi connectivity index (χ1n) is 11.2. The van der Waals surface area contributed by atoms with E-state index in [1.54, 1.807) is 12.1 Å². The fourth-order valence-corrected chi connectivity index (χ4v) is 4.85. The third kappa shape index (κ3) is 5.31. The Morgan fingerprint density at radius 3 is 2.47 bits per heavy atom. The van der Waals surface area contributed by atoms with Crippen LogP contribution in [0.5, 0.6) is 0 Å². The second kappa shape index (κ2) is 9.61. The molecule has 1 aliphatic carbocycles. The van der Waals surface area contributed by atoms with Crippen molar-refractivity contribution in [3.63, 3.8) is 0 Å². The first-order chi connectivity index (χ1) is 15.3. The second-order valence-corrected chi connectivity index (χ2v) is 9.48. The Balaban J connectivity index is 1.17. The van der Waals surface area contributed by atoms with Gasteiger partial charge in [-0.05, 0) is 62.4 Å². The number of benzene rings is 2. The van der Waals surface area contributed by atoms with E-state index in [0.717, 1.165) is 49.9 Å². The van der Waals surface area contributed by atoms with Crippen LogP contribution in [-0.2, 0) is 10.4 Å². The Labute approximate surface area is 194 Å². The van der Waals surface area contributed by atoms with Crippen molar-refractivity contribution in [2.75, 3.05) is 19.6 Å². The van der Waals surface area contributed by atoms with Crippen LogP contribution in [0.2, 0.25) is 5.02 Å². The molecule has 0 unspecified atom stereocenters. The van der Waals surface area contributed by atoms with Crippen molar-refractivity contribution in [1.82, 2.24) is 15.5 Å². The van der Waals surface area contributed by atoms with Gasteiger partial charge in [-0.15, -0.1) is 0 Å². The summed E-state index contributed by atoms with van der Waals surface area (Å²) >= 11 is 5.97. The topological polar surface area (TPSA) is 81.7 Å². The Hall–Kier alpha value is -2.41. The zero-order valence-corrected chi connectivity index (χ0v) is 19.1. The molecule has 0 spiro atoms. The summed E-state index contributed by atoms with van der Waals surface area (Å²) in [6, 6.07) is 15.3. The lowest BCUT2D eigenvalue weighted by Crippen LogP contribution is -2.63. The highest BCUT2D eigenvalue weighted by molar-refractivity contribution is 6.30. The maximum atomic E-state index is 12.2. The number of likely N-dealkylation sites (tertiary alicyclic amines) is 1. The van der Waals surface area contributed by atoms with Crippen molar-refractivity contribution < 1.29 is 14.7 Å². The average molecular weight is 456 g/mol. The highest BCUT2D eigenvalue weighted by Crippen LogP contribution is 2.39. The number of amides is 2. The number of aliphatic hydroxyl groups is 1. The molecule has 3 N–H and O–H groups in total. The molecule has 0 bridgehead atoms. The maximum absolute atomic E-state index is 12.2. The van der Waals surface area contributed by atoms with Crippen molar-refractivity contribution in [3.05, 3.63) is 70.2 Å². The van der Waals surface area contributed by atoms with Gasteiger partial charge >= 0.3 is 0 Å².